The van der Waals surface area contributed by atoms with Crippen LogP contribution in [0.1, 0.15) is 38.1 Å². The van der Waals surface area contributed by atoms with Gasteiger partial charge in [0.1, 0.15) is 9.34 Å². The van der Waals surface area contributed by atoms with Crippen molar-refractivity contribution in [2.75, 3.05) is 0 Å². The molecule has 0 amide bonds. The van der Waals surface area contributed by atoms with Crippen molar-refractivity contribution in [2.24, 2.45) is 11.8 Å². The van der Waals surface area contributed by atoms with E-state index in [4.69, 9.17) is 11.6 Å². The van der Waals surface area contributed by atoms with E-state index in [-0.39, 0.29) is 0 Å². The Hall–Kier alpha value is -0.120. The lowest BCUT2D eigenvalue weighted by atomic mass is 9.93. The molecule has 1 N–H and O–H groups in total. The third-order valence-corrected chi connectivity index (χ3v) is 4.91. The van der Waals surface area contributed by atoms with Gasteiger partial charge in [0.05, 0.1) is 6.20 Å². The highest BCUT2D eigenvalue weighted by Crippen LogP contribution is 2.34. The first-order valence-corrected chi connectivity index (χ1v) is 7.23. The fourth-order valence-corrected chi connectivity index (χ4v) is 3.61. The van der Waals surface area contributed by atoms with Gasteiger partial charge in [-0.2, -0.15) is 0 Å². The van der Waals surface area contributed by atoms with Gasteiger partial charge >= 0.3 is 0 Å². The van der Waals surface area contributed by atoms with Gasteiger partial charge in [-0.05, 0) is 24.7 Å². The molecule has 1 heterocycles. The molecule has 1 aromatic rings. The Morgan fingerprint density at radius 1 is 1.56 bits per heavy atom. The first-order valence-electron chi connectivity index (χ1n) is 6.04. The number of rotatable bonds is 4. The molecule has 0 aromatic carbocycles. The zero-order valence-corrected chi connectivity index (χ0v) is 11.4. The molecule has 3 unspecified atom stereocenters. The minimum atomic E-state index is 0.660. The summed E-state index contributed by atoms with van der Waals surface area (Å²) in [5, 5.41) is 4.71. The predicted molar refractivity (Wildman–Crippen MR) is 69.9 cm³/mol. The number of aromatic nitrogens is 1. The second kappa shape index (κ2) is 5.48. The maximum atomic E-state index is 5.86. The molecule has 1 aliphatic carbocycles. The van der Waals surface area contributed by atoms with Crippen molar-refractivity contribution in [2.45, 2.75) is 45.7 Å². The molecule has 0 saturated heterocycles. The van der Waals surface area contributed by atoms with E-state index in [9.17, 15) is 0 Å². The zero-order valence-electron chi connectivity index (χ0n) is 9.87. The van der Waals surface area contributed by atoms with Crippen molar-refractivity contribution in [3.05, 3.63) is 15.5 Å². The van der Waals surface area contributed by atoms with Gasteiger partial charge in [-0.3, -0.25) is 0 Å². The minimum Gasteiger partial charge on any atom is -0.307 e. The van der Waals surface area contributed by atoms with E-state index in [2.05, 4.69) is 24.1 Å². The molecule has 2 rings (SSSR count). The summed E-state index contributed by atoms with van der Waals surface area (Å²) in [6, 6.07) is 0.660. The highest BCUT2D eigenvalue weighted by atomic mass is 35.5. The van der Waals surface area contributed by atoms with E-state index in [1.807, 2.05) is 0 Å². The molecule has 3 atom stereocenters. The van der Waals surface area contributed by atoms with Crippen molar-refractivity contribution in [3.63, 3.8) is 0 Å². The highest BCUT2D eigenvalue weighted by molar-refractivity contribution is 7.15. The normalized spacial score (nSPS) is 29.8. The summed E-state index contributed by atoms with van der Waals surface area (Å²) in [6.07, 6.45) is 5.71. The first-order chi connectivity index (χ1) is 7.70. The fraction of sp³-hybridized carbons (Fsp3) is 0.750. The Kier molecular flexibility index (Phi) is 4.22. The van der Waals surface area contributed by atoms with Crippen LogP contribution >= 0.6 is 22.9 Å². The lowest BCUT2D eigenvalue weighted by molar-refractivity contribution is 0.344. The average Bonchev–Trinajstić information content (AvgIpc) is 2.83. The van der Waals surface area contributed by atoms with E-state index in [1.165, 1.54) is 19.3 Å². The predicted octanol–water partition coefficient (Wildman–Crippen LogP) is 3.71. The average molecular weight is 259 g/mol. The van der Waals surface area contributed by atoms with E-state index >= 15 is 0 Å². The molecule has 4 heteroatoms. The van der Waals surface area contributed by atoms with Gasteiger partial charge in [0.2, 0.25) is 0 Å². The van der Waals surface area contributed by atoms with E-state index in [0.29, 0.717) is 6.04 Å². The van der Waals surface area contributed by atoms with Gasteiger partial charge in [0.15, 0.2) is 0 Å². The maximum Gasteiger partial charge on any atom is 0.113 e. The molecule has 1 fully saturated rings. The van der Waals surface area contributed by atoms with Gasteiger partial charge in [-0.15, -0.1) is 11.3 Å². The molecule has 1 saturated carbocycles. The molecule has 0 spiro atoms. The zero-order chi connectivity index (χ0) is 11.5. The Balaban J connectivity index is 1.83. The van der Waals surface area contributed by atoms with Crippen molar-refractivity contribution >= 4 is 22.9 Å². The van der Waals surface area contributed by atoms with Gasteiger partial charge in [0, 0.05) is 12.6 Å². The topological polar surface area (TPSA) is 24.9 Å². The van der Waals surface area contributed by atoms with E-state index in [0.717, 1.165) is 27.7 Å². The molecule has 0 aliphatic heterocycles. The van der Waals surface area contributed by atoms with Crippen LogP contribution < -0.4 is 5.32 Å². The molecule has 16 heavy (non-hydrogen) atoms. The maximum absolute atomic E-state index is 5.86. The van der Waals surface area contributed by atoms with Crippen LogP contribution in [0.15, 0.2) is 6.20 Å². The van der Waals surface area contributed by atoms with E-state index < -0.39 is 0 Å². The summed E-state index contributed by atoms with van der Waals surface area (Å²) < 4.78 is 0.780. The SMILES string of the molecule is CCC1CCC(NCc2ncc(Cl)s2)C1C. The van der Waals surface area contributed by atoms with Crippen molar-refractivity contribution in [3.8, 4) is 0 Å². The van der Waals surface area contributed by atoms with Crippen LogP contribution in [0.3, 0.4) is 0 Å². The van der Waals surface area contributed by atoms with Gasteiger partial charge in [0.25, 0.3) is 0 Å². The quantitative estimate of drug-likeness (QED) is 0.891. The molecule has 1 aromatic heterocycles. The molecular weight excluding hydrogens is 240 g/mol. The standard InChI is InChI=1S/C12H19ClN2S/c1-3-9-4-5-10(8(9)2)14-7-12-15-6-11(13)16-12/h6,8-10,14H,3-5,7H2,1-2H3. The van der Waals surface area contributed by atoms with Crippen LogP contribution in [0, 0.1) is 11.8 Å². The van der Waals surface area contributed by atoms with Crippen LogP contribution in [0.5, 0.6) is 0 Å². The number of thiazole rings is 1. The van der Waals surface area contributed by atoms with Crippen LogP contribution in [0.25, 0.3) is 0 Å². The summed E-state index contributed by atoms with van der Waals surface area (Å²) >= 11 is 7.43. The third kappa shape index (κ3) is 2.76. The lowest BCUT2D eigenvalue weighted by Crippen LogP contribution is -2.32. The number of hydrogen-bond acceptors (Lipinski definition) is 3. The molecule has 1 aliphatic rings. The van der Waals surface area contributed by atoms with Gasteiger partial charge < -0.3 is 5.32 Å². The number of hydrogen-bond donors (Lipinski definition) is 1. The summed E-state index contributed by atoms with van der Waals surface area (Å²) in [5.74, 6) is 1.69. The van der Waals surface area contributed by atoms with Crippen LogP contribution in [-0.2, 0) is 6.54 Å². The molecule has 0 radical (unpaired) electrons. The number of nitrogens with one attached hydrogen (secondary N) is 1. The second-order valence-corrected chi connectivity index (χ2v) is 6.40. The second-order valence-electron chi connectivity index (χ2n) is 4.65. The van der Waals surface area contributed by atoms with Crippen molar-refractivity contribution in [1.29, 1.82) is 0 Å². The Morgan fingerprint density at radius 2 is 2.38 bits per heavy atom. The molecule has 0 bridgehead atoms. The monoisotopic (exact) mass is 258 g/mol. The fourth-order valence-electron chi connectivity index (χ4n) is 2.70. The van der Waals surface area contributed by atoms with Crippen molar-refractivity contribution < 1.29 is 0 Å². The van der Waals surface area contributed by atoms with Gasteiger partial charge in [-0.25, -0.2) is 4.98 Å². The smallest absolute Gasteiger partial charge is 0.113 e. The largest absolute Gasteiger partial charge is 0.307 e. The molecule has 2 nitrogen and oxygen atoms in total. The van der Waals surface area contributed by atoms with Crippen molar-refractivity contribution in [1.82, 2.24) is 10.3 Å². The number of halogens is 1. The lowest BCUT2D eigenvalue weighted by Gasteiger charge is -2.20. The third-order valence-electron chi connectivity index (χ3n) is 3.79. The summed E-state index contributed by atoms with van der Waals surface area (Å²) in [4.78, 5) is 4.27. The Morgan fingerprint density at radius 3 is 2.94 bits per heavy atom. The number of nitrogens with zero attached hydrogens (tertiary/aromatic N) is 1. The van der Waals surface area contributed by atoms with Gasteiger partial charge in [-0.1, -0.05) is 31.9 Å². The van der Waals surface area contributed by atoms with Crippen LogP contribution in [0.4, 0.5) is 0 Å². The molecular formula is C12H19ClN2S. The molecule has 90 valence electrons. The summed E-state index contributed by atoms with van der Waals surface area (Å²) in [5.41, 5.74) is 0. The minimum absolute atomic E-state index is 0.660. The summed E-state index contributed by atoms with van der Waals surface area (Å²) in [6.45, 7) is 5.53. The summed E-state index contributed by atoms with van der Waals surface area (Å²) in [7, 11) is 0. The Labute approximate surface area is 106 Å². The van der Waals surface area contributed by atoms with E-state index in [1.54, 1.807) is 17.5 Å². The Bertz CT molecular complexity index is 340. The first kappa shape index (κ1) is 12.3. The highest BCUT2D eigenvalue weighted by Gasteiger charge is 2.30. The van der Waals surface area contributed by atoms with Crippen LogP contribution in [-0.4, -0.2) is 11.0 Å². The van der Waals surface area contributed by atoms with Crippen LogP contribution in [0.2, 0.25) is 4.34 Å².